The highest BCUT2D eigenvalue weighted by Crippen LogP contribution is 2.26. The number of thioether (sulfide) groups is 1. The predicted octanol–water partition coefficient (Wildman–Crippen LogP) is 5.79. The lowest BCUT2D eigenvalue weighted by atomic mass is 10.1. The molecule has 0 spiro atoms. The second-order valence-corrected chi connectivity index (χ2v) is 9.12. The lowest BCUT2D eigenvalue weighted by molar-refractivity contribution is -0.116. The molecule has 4 aromatic rings. The van der Waals surface area contributed by atoms with Crippen molar-refractivity contribution in [3.63, 3.8) is 0 Å². The maximum Gasteiger partial charge on any atom is 0.288 e. The molecule has 0 saturated carbocycles. The summed E-state index contributed by atoms with van der Waals surface area (Å²) in [5, 5.41) is 5.75. The van der Waals surface area contributed by atoms with Gasteiger partial charge in [-0.1, -0.05) is 41.6 Å². The highest BCUT2D eigenvalue weighted by atomic mass is 32.2. The molecule has 1 heterocycles. The summed E-state index contributed by atoms with van der Waals surface area (Å²) in [5.74, 6) is -2.49. The lowest BCUT2D eigenvalue weighted by Gasteiger charge is -2.16. The number of anilines is 1. The minimum absolute atomic E-state index is 0.0336. The van der Waals surface area contributed by atoms with Gasteiger partial charge in [-0.25, -0.2) is 4.98 Å². The number of para-hydroxylation sites is 2. The normalized spacial score (nSPS) is 12.0. The van der Waals surface area contributed by atoms with Gasteiger partial charge in [0.2, 0.25) is 5.91 Å². The van der Waals surface area contributed by atoms with E-state index in [2.05, 4.69) is 15.6 Å². The minimum Gasteiger partial charge on any atom is -0.342 e. The first kappa shape index (κ1) is 24.4. The number of carbonyl (C=O) groups excluding carboxylic acids is 2. The Morgan fingerprint density at radius 3 is 2.37 bits per heavy atom. The van der Waals surface area contributed by atoms with E-state index in [0.29, 0.717) is 39.2 Å². The van der Waals surface area contributed by atoms with Crippen LogP contribution in [-0.4, -0.2) is 27.1 Å². The molecule has 0 aliphatic heterocycles. The molecule has 3 aromatic carbocycles. The molecule has 4 rings (SSSR count). The molecule has 35 heavy (non-hydrogen) atoms. The van der Waals surface area contributed by atoms with Gasteiger partial charge in [0.1, 0.15) is 12.4 Å². The third kappa shape index (κ3) is 6.05. The fourth-order valence-electron chi connectivity index (χ4n) is 3.70. The van der Waals surface area contributed by atoms with Gasteiger partial charge in [-0.2, -0.15) is 8.78 Å². The van der Waals surface area contributed by atoms with E-state index in [9.17, 15) is 18.4 Å². The summed E-state index contributed by atoms with van der Waals surface area (Å²) in [6.07, 6.45) is 0. The number of imidazole rings is 1. The number of nitrogens with one attached hydrogen (secondary N) is 2. The van der Waals surface area contributed by atoms with Crippen molar-refractivity contribution in [1.82, 2.24) is 14.9 Å². The van der Waals surface area contributed by atoms with Gasteiger partial charge in [-0.15, -0.1) is 0 Å². The molecule has 9 heteroatoms. The van der Waals surface area contributed by atoms with Crippen LogP contribution >= 0.6 is 11.8 Å². The van der Waals surface area contributed by atoms with E-state index >= 15 is 0 Å². The Balaban J connectivity index is 1.52. The first-order valence-electron chi connectivity index (χ1n) is 11.0. The van der Waals surface area contributed by atoms with Gasteiger partial charge in [0.05, 0.1) is 17.1 Å². The van der Waals surface area contributed by atoms with Gasteiger partial charge in [-0.05, 0) is 62.4 Å². The van der Waals surface area contributed by atoms with Crippen LogP contribution in [0.4, 0.5) is 14.5 Å². The highest BCUT2D eigenvalue weighted by molar-refractivity contribution is 7.99. The molecule has 2 amide bonds. The van der Waals surface area contributed by atoms with E-state index in [1.165, 1.54) is 12.1 Å². The number of alkyl halides is 2. The zero-order chi connectivity index (χ0) is 24.9. The summed E-state index contributed by atoms with van der Waals surface area (Å²) < 4.78 is 26.8. The number of fused-ring (bicyclic) bond motifs is 1. The smallest absolute Gasteiger partial charge is 0.288 e. The predicted molar refractivity (Wildman–Crippen MR) is 134 cm³/mol. The average molecular weight is 495 g/mol. The van der Waals surface area contributed by atoms with Crippen LogP contribution in [0.15, 0.2) is 77.7 Å². The third-order valence-corrected chi connectivity index (χ3v) is 6.12. The van der Waals surface area contributed by atoms with Crippen LogP contribution in [0.1, 0.15) is 34.7 Å². The first-order chi connectivity index (χ1) is 16.8. The molecular formula is C26H24F2N4O2S. The van der Waals surface area contributed by atoms with Crippen LogP contribution in [0.3, 0.4) is 0 Å². The van der Waals surface area contributed by atoms with Crippen molar-refractivity contribution in [2.75, 3.05) is 5.32 Å². The number of aryl methyl sites for hydroxylation is 1. The third-order valence-electron chi connectivity index (χ3n) is 5.40. The quantitative estimate of drug-likeness (QED) is 0.304. The fraction of sp³-hybridized carbons (Fsp3) is 0.192. The van der Waals surface area contributed by atoms with Crippen molar-refractivity contribution in [1.29, 1.82) is 0 Å². The Bertz CT molecular complexity index is 1340. The van der Waals surface area contributed by atoms with Crippen LogP contribution in [0.5, 0.6) is 0 Å². The number of nitrogens with zero attached hydrogens (tertiary/aromatic N) is 2. The zero-order valence-corrected chi connectivity index (χ0v) is 20.0. The van der Waals surface area contributed by atoms with E-state index in [4.69, 9.17) is 0 Å². The van der Waals surface area contributed by atoms with Crippen molar-refractivity contribution in [2.45, 2.75) is 37.1 Å². The van der Waals surface area contributed by atoms with Gasteiger partial charge in [0, 0.05) is 16.1 Å². The number of hydrogen-bond donors (Lipinski definition) is 2. The van der Waals surface area contributed by atoms with E-state index in [1.54, 1.807) is 28.8 Å². The van der Waals surface area contributed by atoms with Crippen molar-refractivity contribution in [2.24, 2.45) is 0 Å². The Hall–Kier alpha value is -3.72. The molecule has 1 atom stereocenters. The molecule has 180 valence electrons. The molecule has 2 N–H and O–H groups in total. The summed E-state index contributed by atoms with van der Waals surface area (Å²) >= 11 is 0.447. The summed E-state index contributed by atoms with van der Waals surface area (Å²) in [5.41, 5.74) is 3.57. The Morgan fingerprint density at radius 1 is 1.00 bits per heavy atom. The first-order valence-corrected chi connectivity index (χ1v) is 11.9. The average Bonchev–Trinajstić information content (AvgIpc) is 3.19. The van der Waals surface area contributed by atoms with E-state index in [-0.39, 0.29) is 18.4 Å². The number of amides is 2. The lowest BCUT2D eigenvalue weighted by Crippen LogP contribution is -2.30. The van der Waals surface area contributed by atoms with E-state index < -0.39 is 11.8 Å². The van der Waals surface area contributed by atoms with Crippen molar-refractivity contribution in [3.05, 3.63) is 89.7 Å². The monoisotopic (exact) mass is 494 g/mol. The van der Waals surface area contributed by atoms with E-state index in [1.807, 2.05) is 50.2 Å². The molecule has 0 aliphatic rings. The van der Waals surface area contributed by atoms with Gasteiger partial charge in [0.15, 0.2) is 0 Å². The van der Waals surface area contributed by atoms with Crippen LogP contribution < -0.4 is 10.6 Å². The summed E-state index contributed by atoms with van der Waals surface area (Å²) in [7, 11) is 0. The molecular weight excluding hydrogens is 470 g/mol. The molecule has 0 unspecified atom stereocenters. The highest BCUT2D eigenvalue weighted by Gasteiger charge is 2.20. The van der Waals surface area contributed by atoms with Gasteiger partial charge < -0.3 is 15.2 Å². The maximum atomic E-state index is 12.9. The number of aromatic nitrogens is 2. The topological polar surface area (TPSA) is 76.0 Å². The standard InChI is InChI=1S/C26H24F2N4O2S/c1-16-7-9-18(10-8-16)25(34)29-17(2)24-31-21-5-3-4-6-22(21)32(24)15-23(33)30-19-11-13-20(14-12-19)35-26(27)28/h3-14,17,26H,15H2,1-2H3,(H,29,34)(H,30,33)/t17-/m0/s1. The summed E-state index contributed by atoms with van der Waals surface area (Å²) in [6, 6.07) is 20.5. The molecule has 0 radical (unpaired) electrons. The van der Waals surface area contributed by atoms with Crippen molar-refractivity contribution >= 4 is 40.3 Å². The maximum absolute atomic E-state index is 12.9. The Morgan fingerprint density at radius 2 is 1.69 bits per heavy atom. The summed E-state index contributed by atoms with van der Waals surface area (Å²) in [4.78, 5) is 30.7. The second-order valence-electron chi connectivity index (χ2n) is 8.06. The Kier molecular flexibility index (Phi) is 7.45. The van der Waals surface area contributed by atoms with Crippen LogP contribution in [0, 0.1) is 6.92 Å². The molecule has 0 bridgehead atoms. The van der Waals surface area contributed by atoms with E-state index in [0.717, 1.165) is 11.1 Å². The molecule has 0 fully saturated rings. The fourth-order valence-corrected chi connectivity index (χ4v) is 4.20. The molecule has 6 nitrogen and oxygen atoms in total. The summed E-state index contributed by atoms with van der Waals surface area (Å²) in [6.45, 7) is 3.74. The number of halogens is 2. The van der Waals surface area contributed by atoms with Crippen LogP contribution in [0.25, 0.3) is 11.0 Å². The molecule has 0 saturated heterocycles. The van der Waals surface area contributed by atoms with Crippen LogP contribution in [0.2, 0.25) is 0 Å². The van der Waals surface area contributed by atoms with Crippen molar-refractivity contribution in [3.8, 4) is 0 Å². The Labute approximate surface area is 205 Å². The van der Waals surface area contributed by atoms with Gasteiger partial charge in [-0.3, -0.25) is 9.59 Å². The minimum atomic E-state index is -2.50. The SMILES string of the molecule is Cc1ccc(C(=O)N[C@@H](C)c2nc3ccccc3n2CC(=O)Nc2ccc(SC(F)F)cc2)cc1. The zero-order valence-electron chi connectivity index (χ0n) is 19.2. The molecule has 1 aromatic heterocycles. The number of rotatable bonds is 8. The number of carbonyl (C=O) groups is 2. The molecule has 0 aliphatic carbocycles. The number of benzene rings is 3. The van der Waals surface area contributed by atoms with Gasteiger partial charge in [0.25, 0.3) is 11.7 Å². The largest absolute Gasteiger partial charge is 0.342 e. The van der Waals surface area contributed by atoms with Crippen molar-refractivity contribution < 1.29 is 18.4 Å². The number of hydrogen-bond acceptors (Lipinski definition) is 4. The second kappa shape index (κ2) is 10.7. The van der Waals surface area contributed by atoms with Gasteiger partial charge >= 0.3 is 0 Å². The van der Waals surface area contributed by atoms with Crippen LogP contribution in [-0.2, 0) is 11.3 Å².